The number of ether oxygens (including phenoxy) is 1. The zero-order chi connectivity index (χ0) is 27.3. The van der Waals surface area contributed by atoms with Crippen LogP contribution in [0.1, 0.15) is 55.6 Å². The van der Waals surface area contributed by atoms with E-state index in [0.717, 1.165) is 21.4 Å². The van der Waals surface area contributed by atoms with Gasteiger partial charge in [0.25, 0.3) is 5.91 Å². The van der Waals surface area contributed by atoms with E-state index in [1.165, 1.54) is 11.8 Å². The highest BCUT2D eigenvalue weighted by Crippen LogP contribution is 2.44. The molecule has 2 aromatic heterocycles. The Bertz CT molecular complexity index is 1830. The van der Waals surface area contributed by atoms with Crippen LogP contribution in [-0.4, -0.2) is 16.7 Å². The van der Waals surface area contributed by atoms with Crippen LogP contribution < -0.4 is 15.1 Å². The first-order valence-corrected chi connectivity index (χ1v) is 13.8. The molecule has 0 aliphatic carbocycles. The van der Waals surface area contributed by atoms with Crippen molar-refractivity contribution in [2.45, 2.75) is 26.5 Å². The minimum absolute atomic E-state index is 0.0346. The molecule has 0 spiro atoms. The second-order valence-electron chi connectivity index (χ2n) is 9.21. The van der Waals surface area contributed by atoms with E-state index in [1.54, 1.807) is 25.1 Å². The quantitative estimate of drug-likeness (QED) is 0.198. The normalized spacial score (nSPS) is 14.6. The van der Waals surface area contributed by atoms with Gasteiger partial charge in [0.05, 0.1) is 27.6 Å². The predicted molar refractivity (Wildman–Crippen MR) is 153 cm³/mol. The Balaban J connectivity index is 1.51. The summed E-state index contributed by atoms with van der Waals surface area (Å²) in [7, 11) is 0. The Morgan fingerprint density at radius 2 is 1.87 bits per heavy atom. The summed E-state index contributed by atoms with van der Waals surface area (Å²) >= 11 is 4.55. The molecule has 6 rings (SSSR count). The standard InChI is InChI=1S/C30H21BrN2O5S/c1-16-28(17(2)34)39-30(32-16)33-25(19-9-6-10-21(13-19)37-15-18-7-4-3-5-8-18)24-26(35)22-14-20(31)11-12-23(22)38-27(24)29(33)36/h3-14,25H,15H2,1-2H3. The van der Waals surface area contributed by atoms with Gasteiger partial charge in [-0.05, 0) is 48.4 Å². The topological polar surface area (TPSA) is 89.7 Å². The number of amides is 1. The van der Waals surface area contributed by atoms with Crippen LogP contribution in [0.4, 0.5) is 5.13 Å². The highest BCUT2D eigenvalue weighted by atomic mass is 79.9. The molecule has 39 heavy (non-hydrogen) atoms. The van der Waals surface area contributed by atoms with E-state index in [4.69, 9.17) is 9.15 Å². The Morgan fingerprint density at radius 3 is 2.62 bits per heavy atom. The van der Waals surface area contributed by atoms with Gasteiger partial charge in [-0.2, -0.15) is 0 Å². The van der Waals surface area contributed by atoms with Crippen LogP contribution in [0.2, 0.25) is 0 Å². The number of thiazole rings is 1. The molecule has 0 bridgehead atoms. The molecule has 5 aromatic rings. The molecular formula is C30H21BrN2O5S. The van der Waals surface area contributed by atoms with E-state index in [-0.39, 0.29) is 22.5 Å². The van der Waals surface area contributed by atoms with Gasteiger partial charge in [0.2, 0.25) is 5.76 Å². The molecule has 0 saturated carbocycles. The molecule has 9 heteroatoms. The minimum Gasteiger partial charge on any atom is -0.489 e. The van der Waals surface area contributed by atoms with Gasteiger partial charge in [-0.15, -0.1) is 0 Å². The van der Waals surface area contributed by atoms with Crippen molar-refractivity contribution in [1.82, 2.24) is 4.98 Å². The molecule has 3 aromatic carbocycles. The maximum absolute atomic E-state index is 13.9. The number of Topliss-reactive ketones (excluding diaryl/α,β-unsaturated/α-hetero) is 1. The third kappa shape index (κ3) is 4.47. The number of aromatic nitrogens is 1. The fourth-order valence-corrected chi connectivity index (χ4v) is 6.13. The molecule has 0 saturated heterocycles. The summed E-state index contributed by atoms with van der Waals surface area (Å²) < 4.78 is 12.8. The summed E-state index contributed by atoms with van der Waals surface area (Å²) in [5.74, 6) is -0.0769. The lowest BCUT2D eigenvalue weighted by molar-refractivity contribution is 0.0969. The van der Waals surface area contributed by atoms with Crippen molar-refractivity contribution >= 4 is 55.1 Å². The number of hydrogen-bond acceptors (Lipinski definition) is 7. The smallest absolute Gasteiger partial charge is 0.297 e. The summed E-state index contributed by atoms with van der Waals surface area (Å²) in [5, 5.41) is 0.679. The van der Waals surface area contributed by atoms with Crippen LogP contribution in [-0.2, 0) is 6.61 Å². The van der Waals surface area contributed by atoms with E-state index in [1.807, 2.05) is 54.6 Å². The average Bonchev–Trinajstić information content (AvgIpc) is 3.46. The third-order valence-electron chi connectivity index (χ3n) is 6.57. The molecular weight excluding hydrogens is 580 g/mol. The zero-order valence-electron chi connectivity index (χ0n) is 20.9. The Labute approximate surface area is 235 Å². The molecule has 1 unspecified atom stereocenters. The molecule has 7 nitrogen and oxygen atoms in total. The van der Waals surface area contributed by atoms with Crippen LogP contribution in [0.15, 0.2) is 86.5 Å². The zero-order valence-corrected chi connectivity index (χ0v) is 23.3. The summed E-state index contributed by atoms with van der Waals surface area (Å²) in [6.45, 7) is 3.56. The molecule has 1 aliphatic rings. The fourth-order valence-electron chi connectivity index (χ4n) is 4.78. The first-order chi connectivity index (χ1) is 18.8. The van der Waals surface area contributed by atoms with E-state index >= 15 is 0 Å². The number of ketones is 1. The number of aryl methyl sites for hydroxylation is 1. The fraction of sp³-hybridized carbons (Fsp3) is 0.133. The number of fused-ring (bicyclic) bond motifs is 2. The van der Waals surface area contributed by atoms with E-state index < -0.39 is 11.9 Å². The molecule has 0 N–H and O–H groups in total. The van der Waals surface area contributed by atoms with Crippen molar-refractivity contribution in [1.29, 1.82) is 0 Å². The molecule has 0 fully saturated rings. The van der Waals surface area contributed by atoms with Crippen LogP contribution >= 0.6 is 27.3 Å². The molecule has 3 heterocycles. The highest BCUT2D eigenvalue weighted by Gasteiger charge is 2.45. The molecule has 1 amide bonds. The third-order valence-corrected chi connectivity index (χ3v) is 8.32. The number of hydrogen-bond donors (Lipinski definition) is 0. The number of rotatable bonds is 6. The van der Waals surface area contributed by atoms with Crippen molar-refractivity contribution in [3.05, 3.63) is 121 Å². The summed E-state index contributed by atoms with van der Waals surface area (Å²) in [6.07, 6.45) is 0. The largest absolute Gasteiger partial charge is 0.489 e. The van der Waals surface area contributed by atoms with Gasteiger partial charge in [0.15, 0.2) is 16.3 Å². The highest BCUT2D eigenvalue weighted by molar-refractivity contribution is 9.10. The second-order valence-corrected chi connectivity index (χ2v) is 11.1. The summed E-state index contributed by atoms with van der Waals surface area (Å²) in [6, 6.07) is 21.4. The van der Waals surface area contributed by atoms with Crippen molar-refractivity contribution in [3.63, 3.8) is 0 Å². The van der Waals surface area contributed by atoms with E-state index in [0.29, 0.717) is 44.6 Å². The number of nitrogens with zero attached hydrogens (tertiary/aromatic N) is 2. The first-order valence-electron chi connectivity index (χ1n) is 12.2. The van der Waals surface area contributed by atoms with E-state index in [9.17, 15) is 14.4 Å². The number of halogens is 1. The first kappa shape index (κ1) is 25.2. The van der Waals surface area contributed by atoms with Crippen LogP contribution in [0.3, 0.4) is 0 Å². The maximum atomic E-state index is 13.9. The number of benzene rings is 3. The van der Waals surface area contributed by atoms with Crippen LogP contribution in [0, 0.1) is 6.92 Å². The van der Waals surface area contributed by atoms with Gasteiger partial charge < -0.3 is 9.15 Å². The van der Waals surface area contributed by atoms with Gasteiger partial charge >= 0.3 is 0 Å². The predicted octanol–water partition coefficient (Wildman–Crippen LogP) is 6.85. The monoisotopic (exact) mass is 600 g/mol. The van der Waals surface area contributed by atoms with Gasteiger partial charge in [-0.3, -0.25) is 19.3 Å². The second kappa shape index (κ2) is 9.91. The Kier molecular flexibility index (Phi) is 6.40. The van der Waals surface area contributed by atoms with Crippen molar-refractivity contribution in [2.75, 3.05) is 4.90 Å². The molecule has 194 valence electrons. The summed E-state index contributed by atoms with van der Waals surface area (Å²) in [5.41, 5.74) is 2.44. The Hall–Kier alpha value is -4.08. The molecule has 1 atom stereocenters. The number of carbonyl (C=O) groups excluding carboxylic acids is 2. The van der Waals surface area contributed by atoms with Gasteiger partial charge in [0, 0.05) is 11.4 Å². The number of carbonyl (C=O) groups is 2. The maximum Gasteiger partial charge on any atom is 0.297 e. The van der Waals surface area contributed by atoms with Gasteiger partial charge in [-0.25, -0.2) is 4.98 Å². The lowest BCUT2D eigenvalue weighted by Crippen LogP contribution is -2.29. The van der Waals surface area contributed by atoms with Crippen molar-refractivity contribution < 1.29 is 18.7 Å². The van der Waals surface area contributed by atoms with Gasteiger partial charge in [-0.1, -0.05) is 69.7 Å². The lowest BCUT2D eigenvalue weighted by Gasteiger charge is -2.23. The van der Waals surface area contributed by atoms with Gasteiger partial charge in [0.1, 0.15) is 17.9 Å². The minimum atomic E-state index is -0.822. The van der Waals surface area contributed by atoms with Crippen LogP contribution in [0.25, 0.3) is 11.0 Å². The average molecular weight is 601 g/mol. The lowest BCUT2D eigenvalue weighted by atomic mass is 9.98. The van der Waals surface area contributed by atoms with Crippen LogP contribution in [0.5, 0.6) is 5.75 Å². The SMILES string of the molecule is CC(=O)c1sc(N2C(=O)c3oc4ccc(Br)cc4c(=O)c3C2c2cccc(OCc3ccccc3)c2)nc1C. The molecule has 1 aliphatic heterocycles. The number of anilines is 1. The van der Waals surface area contributed by atoms with E-state index in [2.05, 4.69) is 20.9 Å². The van der Waals surface area contributed by atoms with Crippen molar-refractivity contribution in [3.8, 4) is 5.75 Å². The summed E-state index contributed by atoms with van der Waals surface area (Å²) in [4.78, 5) is 46.4. The Morgan fingerprint density at radius 1 is 1.08 bits per heavy atom. The van der Waals surface area contributed by atoms with Crippen molar-refractivity contribution in [2.24, 2.45) is 0 Å². The molecule has 0 radical (unpaired) electrons.